The first-order valence-electron chi connectivity index (χ1n) is 6.35. The van der Waals surface area contributed by atoms with Crippen LogP contribution in [0.15, 0.2) is 60.7 Å². The smallest absolute Gasteiger partial charge is 0.115 e. The van der Waals surface area contributed by atoms with E-state index in [-0.39, 0.29) is 12.1 Å². The molecule has 1 heterocycles. The summed E-state index contributed by atoms with van der Waals surface area (Å²) in [6.45, 7) is 1.76. The van der Waals surface area contributed by atoms with E-state index in [2.05, 4.69) is 29.2 Å². The Hall–Kier alpha value is -1.64. The van der Waals surface area contributed by atoms with Crippen LogP contribution in [0.3, 0.4) is 0 Å². The maximum atomic E-state index is 10.2. The summed E-state index contributed by atoms with van der Waals surface area (Å²) < 4.78 is 0. The number of hydrogen-bond acceptors (Lipinski definition) is 2. The summed E-state index contributed by atoms with van der Waals surface area (Å²) in [7, 11) is 0. The van der Waals surface area contributed by atoms with Crippen LogP contribution in [-0.2, 0) is 6.54 Å². The Labute approximate surface area is 107 Å². The molecule has 1 N–H and O–H groups in total. The van der Waals surface area contributed by atoms with Gasteiger partial charge in [-0.1, -0.05) is 60.7 Å². The second kappa shape index (κ2) is 4.92. The molecule has 1 aliphatic heterocycles. The maximum Gasteiger partial charge on any atom is 0.115 e. The first kappa shape index (κ1) is 11.5. The van der Waals surface area contributed by atoms with Crippen molar-refractivity contribution in [2.75, 3.05) is 6.54 Å². The first-order chi connectivity index (χ1) is 8.84. The number of aliphatic hydroxyl groups is 1. The van der Waals surface area contributed by atoms with Crippen LogP contribution in [0.1, 0.15) is 17.0 Å². The molecule has 2 aromatic rings. The van der Waals surface area contributed by atoms with Crippen molar-refractivity contribution < 1.29 is 5.11 Å². The minimum absolute atomic E-state index is 0.259. The van der Waals surface area contributed by atoms with Crippen LogP contribution in [0, 0.1) is 0 Å². The van der Waals surface area contributed by atoms with Crippen LogP contribution in [-0.4, -0.2) is 22.8 Å². The fourth-order valence-electron chi connectivity index (χ4n) is 2.53. The molecule has 0 saturated carbocycles. The van der Waals surface area contributed by atoms with Gasteiger partial charge in [-0.3, -0.25) is 4.90 Å². The van der Waals surface area contributed by atoms with E-state index in [9.17, 15) is 5.11 Å². The SMILES string of the molecule is OC1C(c2ccccc2)CN1Cc1ccccc1. The zero-order chi connectivity index (χ0) is 12.4. The summed E-state index contributed by atoms with van der Waals surface area (Å²) in [5.41, 5.74) is 2.48. The summed E-state index contributed by atoms with van der Waals surface area (Å²) in [4.78, 5) is 2.10. The van der Waals surface area contributed by atoms with Gasteiger partial charge in [0.25, 0.3) is 0 Å². The van der Waals surface area contributed by atoms with Gasteiger partial charge in [0.2, 0.25) is 0 Å². The van der Waals surface area contributed by atoms with Crippen molar-refractivity contribution in [2.24, 2.45) is 0 Å². The zero-order valence-corrected chi connectivity index (χ0v) is 10.2. The molecule has 2 heteroatoms. The third kappa shape index (κ3) is 2.17. The van der Waals surface area contributed by atoms with E-state index in [4.69, 9.17) is 0 Å². The number of nitrogens with zero attached hydrogens (tertiary/aromatic N) is 1. The van der Waals surface area contributed by atoms with E-state index in [0.29, 0.717) is 0 Å². The summed E-state index contributed by atoms with van der Waals surface area (Å²) in [5, 5.41) is 10.2. The first-order valence-corrected chi connectivity index (χ1v) is 6.35. The summed E-state index contributed by atoms with van der Waals surface area (Å²) in [5.74, 6) is 0.259. The summed E-state index contributed by atoms with van der Waals surface area (Å²) >= 11 is 0. The average molecular weight is 239 g/mol. The molecule has 2 unspecified atom stereocenters. The molecule has 2 nitrogen and oxygen atoms in total. The van der Waals surface area contributed by atoms with Crippen molar-refractivity contribution in [3.63, 3.8) is 0 Å². The van der Waals surface area contributed by atoms with Crippen LogP contribution < -0.4 is 0 Å². The van der Waals surface area contributed by atoms with Crippen molar-refractivity contribution in [1.29, 1.82) is 0 Å². The van der Waals surface area contributed by atoms with Crippen LogP contribution >= 0.6 is 0 Å². The highest BCUT2D eigenvalue weighted by atomic mass is 16.3. The van der Waals surface area contributed by atoms with E-state index < -0.39 is 0 Å². The van der Waals surface area contributed by atoms with Crippen LogP contribution in [0.2, 0.25) is 0 Å². The molecule has 0 amide bonds. The Bertz CT molecular complexity index is 497. The fourth-order valence-corrected chi connectivity index (χ4v) is 2.53. The van der Waals surface area contributed by atoms with Crippen molar-refractivity contribution in [1.82, 2.24) is 4.90 Å². The van der Waals surface area contributed by atoms with Crippen molar-refractivity contribution in [3.8, 4) is 0 Å². The van der Waals surface area contributed by atoms with Crippen LogP contribution in [0.5, 0.6) is 0 Å². The number of benzene rings is 2. The number of rotatable bonds is 3. The van der Waals surface area contributed by atoms with Crippen molar-refractivity contribution in [3.05, 3.63) is 71.8 Å². The number of aliphatic hydroxyl groups excluding tert-OH is 1. The Morgan fingerprint density at radius 2 is 1.56 bits per heavy atom. The van der Waals surface area contributed by atoms with E-state index in [0.717, 1.165) is 13.1 Å². The minimum atomic E-state index is -0.354. The lowest BCUT2D eigenvalue weighted by molar-refractivity contribution is -0.102. The molecule has 18 heavy (non-hydrogen) atoms. The molecule has 92 valence electrons. The second-order valence-electron chi connectivity index (χ2n) is 4.85. The molecule has 1 saturated heterocycles. The predicted molar refractivity (Wildman–Crippen MR) is 72.0 cm³/mol. The fraction of sp³-hybridized carbons (Fsp3) is 0.250. The third-order valence-electron chi connectivity index (χ3n) is 3.62. The lowest BCUT2D eigenvalue weighted by atomic mass is 9.89. The van der Waals surface area contributed by atoms with Crippen molar-refractivity contribution >= 4 is 0 Å². The highest BCUT2D eigenvalue weighted by molar-refractivity contribution is 5.24. The van der Waals surface area contributed by atoms with Crippen LogP contribution in [0.4, 0.5) is 0 Å². The molecule has 0 spiro atoms. The zero-order valence-electron chi connectivity index (χ0n) is 10.2. The van der Waals surface area contributed by atoms with Crippen LogP contribution in [0.25, 0.3) is 0 Å². The highest BCUT2D eigenvalue weighted by Crippen LogP contribution is 2.33. The molecule has 2 atom stereocenters. The van der Waals surface area contributed by atoms with Gasteiger partial charge in [0.05, 0.1) is 0 Å². The number of likely N-dealkylation sites (tertiary alicyclic amines) is 1. The van der Waals surface area contributed by atoms with E-state index in [1.165, 1.54) is 11.1 Å². The van der Waals surface area contributed by atoms with Gasteiger partial charge >= 0.3 is 0 Å². The second-order valence-corrected chi connectivity index (χ2v) is 4.85. The van der Waals surface area contributed by atoms with Gasteiger partial charge in [-0.25, -0.2) is 0 Å². The molecule has 1 aliphatic rings. The van der Waals surface area contributed by atoms with Gasteiger partial charge < -0.3 is 5.11 Å². The molecule has 1 fully saturated rings. The summed E-state index contributed by atoms with van der Waals surface area (Å²) in [6.07, 6.45) is -0.354. The quantitative estimate of drug-likeness (QED) is 0.890. The molecular weight excluding hydrogens is 222 g/mol. The standard InChI is InChI=1S/C16H17NO/c18-16-15(14-9-5-2-6-10-14)12-17(16)11-13-7-3-1-4-8-13/h1-10,15-16,18H,11-12H2. The topological polar surface area (TPSA) is 23.5 Å². The maximum absolute atomic E-state index is 10.2. The Kier molecular flexibility index (Phi) is 3.13. The average Bonchev–Trinajstić information content (AvgIpc) is 2.44. The van der Waals surface area contributed by atoms with E-state index >= 15 is 0 Å². The van der Waals surface area contributed by atoms with Crippen molar-refractivity contribution in [2.45, 2.75) is 18.7 Å². The largest absolute Gasteiger partial charge is 0.378 e. The van der Waals surface area contributed by atoms with Gasteiger partial charge in [0.1, 0.15) is 6.23 Å². The summed E-state index contributed by atoms with van der Waals surface area (Å²) in [6, 6.07) is 20.5. The Balaban J connectivity index is 1.64. The lowest BCUT2D eigenvalue weighted by Gasteiger charge is -2.45. The van der Waals surface area contributed by atoms with E-state index in [1.54, 1.807) is 0 Å². The Morgan fingerprint density at radius 3 is 2.17 bits per heavy atom. The van der Waals surface area contributed by atoms with Gasteiger partial charge in [-0.2, -0.15) is 0 Å². The molecular formula is C16H17NO. The molecule has 0 bridgehead atoms. The molecule has 0 aliphatic carbocycles. The molecule has 0 aromatic heterocycles. The Morgan fingerprint density at radius 1 is 0.944 bits per heavy atom. The highest BCUT2D eigenvalue weighted by Gasteiger charge is 2.37. The molecule has 3 rings (SSSR count). The normalized spacial score (nSPS) is 23.6. The number of hydrogen-bond donors (Lipinski definition) is 1. The van der Waals surface area contributed by atoms with Gasteiger partial charge in [-0.05, 0) is 11.1 Å². The van der Waals surface area contributed by atoms with Gasteiger partial charge in [0.15, 0.2) is 0 Å². The minimum Gasteiger partial charge on any atom is -0.378 e. The van der Waals surface area contributed by atoms with Gasteiger partial charge in [-0.15, -0.1) is 0 Å². The van der Waals surface area contributed by atoms with Gasteiger partial charge in [0, 0.05) is 19.0 Å². The monoisotopic (exact) mass is 239 g/mol. The lowest BCUT2D eigenvalue weighted by Crippen LogP contribution is -2.53. The third-order valence-corrected chi connectivity index (χ3v) is 3.62. The predicted octanol–water partition coefficient (Wildman–Crippen LogP) is 2.60. The molecule has 2 aromatic carbocycles. The van der Waals surface area contributed by atoms with E-state index in [1.807, 2.05) is 36.4 Å². The molecule has 0 radical (unpaired) electrons.